The molecule has 111 heavy (non-hydrogen) atoms. The number of primary amides is 1. The number of para-hydroxylation sites is 1. The first-order chi connectivity index (χ1) is 53.0. The fourth-order valence-corrected chi connectivity index (χ4v) is 13.3. The van der Waals surface area contributed by atoms with Gasteiger partial charge in [-0.25, -0.2) is 4.98 Å². The van der Waals surface area contributed by atoms with Crippen LogP contribution in [-0.4, -0.2) is 221 Å². The van der Waals surface area contributed by atoms with Crippen molar-refractivity contribution in [2.75, 3.05) is 32.8 Å². The number of guanidine groups is 1. The molecule has 0 unspecified atom stereocenters. The summed E-state index contributed by atoms with van der Waals surface area (Å²) in [5.41, 5.74) is 10.6. The summed E-state index contributed by atoms with van der Waals surface area (Å²) in [7, 11) is 0. The Kier molecular flexibility index (Phi) is 27.9. The number of ketones is 2. The summed E-state index contributed by atoms with van der Waals surface area (Å²) < 4.78 is 0. The minimum atomic E-state index is -1.89. The van der Waals surface area contributed by atoms with Crippen LogP contribution in [-0.2, 0) is 72.0 Å². The third kappa shape index (κ3) is 21.7. The monoisotopic (exact) mass is 1530 g/mol. The van der Waals surface area contributed by atoms with Gasteiger partial charge in [-0.3, -0.25) is 72.5 Å². The minimum absolute atomic E-state index is 0.0225. The van der Waals surface area contributed by atoms with Crippen LogP contribution in [0.1, 0.15) is 137 Å². The van der Waals surface area contributed by atoms with E-state index in [2.05, 4.69) is 73.4 Å². The Balaban J connectivity index is 0.973. The average Bonchev–Trinajstić information content (AvgIpc) is 1.54. The number of fused-ring (bicyclic) bond motifs is 3. The molecule has 590 valence electrons. The number of phenolic OH excluding ortho intramolecular Hbond substituents is 4. The Morgan fingerprint density at radius 3 is 1.87 bits per heavy atom. The number of nitrogens with zero attached hydrogens (tertiary/aromatic N) is 2. The van der Waals surface area contributed by atoms with Crippen LogP contribution in [0.4, 0.5) is 0 Å². The van der Waals surface area contributed by atoms with Gasteiger partial charge in [0.15, 0.2) is 11.7 Å². The molecule has 0 bridgehead atoms. The molecule has 4 aromatic carbocycles. The van der Waals surface area contributed by atoms with Gasteiger partial charge in [0.05, 0.1) is 36.3 Å². The summed E-state index contributed by atoms with van der Waals surface area (Å²) in [4.78, 5) is 207. The number of aromatic nitrogens is 3. The summed E-state index contributed by atoms with van der Waals surface area (Å²) in [6.07, 6.45) is 4.06. The van der Waals surface area contributed by atoms with Gasteiger partial charge < -0.3 is 110 Å². The Morgan fingerprint density at radius 2 is 1.22 bits per heavy atom. The number of unbranched alkanes of at least 4 members (excludes halogenated alkanes) is 1. The van der Waals surface area contributed by atoms with Crippen LogP contribution in [0.5, 0.6) is 23.0 Å². The molecule has 37 nitrogen and oxygen atoms in total. The van der Waals surface area contributed by atoms with E-state index in [0.717, 1.165) is 24.3 Å². The van der Waals surface area contributed by atoms with Crippen molar-refractivity contribution in [3.63, 3.8) is 0 Å². The van der Waals surface area contributed by atoms with E-state index < -0.39 is 184 Å². The predicted molar refractivity (Wildman–Crippen MR) is 394 cm³/mol. The number of hydrogen-bond donors (Lipinski definition) is 21. The van der Waals surface area contributed by atoms with E-state index in [-0.39, 0.29) is 125 Å². The molecule has 0 radical (unpaired) electrons. The number of aromatic amines is 2. The van der Waals surface area contributed by atoms with E-state index in [4.69, 9.17) is 16.9 Å². The molecular weight excluding hydrogens is 1440 g/mol. The van der Waals surface area contributed by atoms with Gasteiger partial charge in [0, 0.05) is 91.4 Å². The molecule has 2 aromatic heterocycles. The number of hydrogen-bond acceptors (Lipinski definition) is 21. The Bertz CT molecular complexity index is 4530. The second kappa shape index (κ2) is 37.7. The number of rotatable bonds is 37. The van der Waals surface area contributed by atoms with E-state index in [1.54, 1.807) is 44.3 Å². The van der Waals surface area contributed by atoms with Crippen molar-refractivity contribution in [2.45, 2.75) is 152 Å². The van der Waals surface area contributed by atoms with Gasteiger partial charge in [0.2, 0.25) is 70.8 Å². The van der Waals surface area contributed by atoms with Crippen LogP contribution in [0.15, 0.2) is 91.5 Å². The number of benzene rings is 4. The number of nitrogens with two attached hydrogens (primary N) is 2. The molecule has 0 spiro atoms. The van der Waals surface area contributed by atoms with Crippen molar-refractivity contribution in [3.05, 3.63) is 136 Å². The zero-order valence-corrected chi connectivity index (χ0v) is 60.7. The lowest BCUT2D eigenvalue weighted by atomic mass is 9.82. The van der Waals surface area contributed by atoms with E-state index in [1.807, 2.05) is 0 Å². The smallest absolute Gasteiger partial charge is 0.251 e. The summed E-state index contributed by atoms with van der Waals surface area (Å²) in [6, 6.07) is 3.17. The van der Waals surface area contributed by atoms with Crippen LogP contribution in [0.3, 0.4) is 0 Å². The van der Waals surface area contributed by atoms with Crippen LogP contribution >= 0.6 is 0 Å². The number of carbonyl (C=O) groups is 14. The van der Waals surface area contributed by atoms with Gasteiger partial charge in [-0.2, -0.15) is 0 Å². The third-order valence-electron chi connectivity index (χ3n) is 18.9. The molecular formula is C74H90N18O19. The molecule has 2 aliphatic heterocycles. The molecule has 0 saturated carbocycles. The number of nitrogens with one attached hydrogen (secondary N) is 14. The Labute approximate surface area is 634 Å². The average molecular weight is 1540 g/mol. The number of likely N-dealkylation sites (tertiary alicyclic amines) is 1. The lowest BCUT2D eigenvalue weighted by Crippen LogP contribution is -2.61. The molecule has 2 fully saturated rings. The van der Waals surface area contributed by atoms with Crippen molar-refractivity contribution in [1.29, 1.82) is 5.41 Å². The number of phenols is 4. The molecule has 23 N–H and O–H groups in total. The van der Waals surface area contributed by atoms with Crippen LogP contribution in [0.25, 0.3) is 10.9 Å². The maximum absolute atomic E-state index is 15.2. The van der Waals surface area contributed by atoms with Gasteiger partial charge in [-0.05, 0) is 111 Å². The fraction of sp³-hybridized carbons (Fsp3) is 0.405. The lowest BCUT2D eigenvalue weighted by Gasteiger charge is -2.31. The largest absolute Gasteiger partial charge is 0.508 e. The van der Waals surface area contributed by atoms with E-state index in [0.29, 0.717) is 34.1 Å². The second-order valence-electron chi connectivity index (χ2n) is 27.7. The van der Waals surface area contributed by atoms with Crippen molar-refractivity contribution in [3.8, 4) is 23.0 Å². The minimum Gasteiger partial charge on any atom is -0.508 e. The quantitative estimate of drug-likeness (QED) is 0.0110. The van der Waals surface area contributed by atoms with Gasteiger partial charge in [-0.1, -0.05) is 44.2 Å². The normalized spacial score (nSPS) is 16.2. The van der Waals surface area contributed by atoms with Crippen LogP contribution in [0.2, 0.25) is 0 Å². The molecule has 9 rings (SSSR count). The molecule has 12 amide bonds. The molecule has 37 heteroatoms. The second-order valence-corrected chi connectivity index (χ2v) is 27.7. The van der Waals surface area contributed by atoms with Crippen LogP contribution < -0.4 is 70.0 Å². The Morgan fingerprint density at radius 1 is 0.613 bits per heavy atom. The van der Waals surface area contributed by atoms with Crippen LogP contribution in [0, 0.1) is 11.3 Å². The molecule has 3 aliphatic rings. The van der Waals surface area contributed by atoms with Gasteiger partial charge >= 0.3 is 0 Å². The highest BCUT2D eigenvalue weighted by atomic mass is 16.3. The van der Waals surface area contributed by atoms with Gasteiger partial charge in [-0.15, -0.1) is 0 Å². The van der Waals surface area contributed by atoms with Crippen molar-refractivity contribution < 1.29 is 92.7 Å². The number of carbonyl (C=O) groups excluding carboxylic acids is 14. The third-order valence-corrected chi connectivity index (χ3v) is 18.9. The van der Waals surface area contributed by atoms with E-state index >= 15 is 9.59 Å². The molecule has 9 atom stereocenters. The van der Waals surface area contributed by atoms with Crippen molar-refractivity contribution in [1.82, 2.24) is 78.3 Å². The topological polar surface area (TPSA) is 596 Å². The summed E-state index contributed by atoms with van der Waals surface area (Å²) in [6.45, 7) is 1.81. The SMILES string of the molecule is CC(C)C[C@H](NC(=O)[C@@H](CCCCNC(=O)c1cc(O)c2c(c1)C(=O)c1cc(O)cc(O)c1C2=O)NC(=O)[C@H](Cc1ccc(O)cc1)NC(=O)[C@H](CO)NC(=O)[C@H](Cc1c[nH]c2ccccc12)NC(=O)[C@H](Cc1c[nH]cn1)NC(=O)[C@@H]1CCC(=O)N1)C(=O)N[C@@H](CCCNC(=N)N)C(=O)N1CCC[C@H]1C(=O)NCC(N)=O. The molecule has 6 aromatic rings. The highest BCUT2D eigenvalue weighted by Crippen LogP contribution is 2.39. The fourth-order valence-electron chi connectivity index (χ4n) is 13.3. The zero-order chi connectivity index (χ0) is 80.3. The highest BCUT2D eigenvalue weighted by Gasteiger charge is 2.41. The first-order valence-corrected chi connectivity index (χ1v) is 36.1. The number of imidazole rings is 1. The molecule has 4 heterocycles. The summed E-state index contributed by atoms with van der Waals surface area (Å²) in [5, 5.41) is 89.9. The number of amides is 12. The number of H-pyrrole nitrogens is 2. The first-order valence-electron chi connectivity index (χ1n) is 36.1. The van der Waals surface area contributed by atoms with E-state index in [1.165, 1.54) is 41.7 Å². The molecule has 1 aliphatic carbocycles. The Hall–Kier alpha value is -13.0. The van der Waals surface area contributed by atoms with Gasteiger partial charge in [0.25, 0.3) is 5.91 Å². The van der Waals surface area contributed by atoms with Crippen molar-refractivity contribution in [2.24, 2.45) is 17.4 Å². The number of aliphatic hydroxyl groups is 1. The summed E-state index contributed by atoms with van der Waals surface area (Å²) >= 11 is 0. The highest BCUT2D eigenvalue weighted by molar-refractivity contribution is 6.31. The van der Waals surface area contributed by atoms with Crippen molar-refractivity contribution >= 4 is 99.3 Å². The van der Waals surface area contributed by atoms with E-state index in [9.17, 15) is 83.1 Å². The standard InChI is InChI=1S/C74H90N18O19/c1-36(2)23-50(67(105)86-49(12-7-21-80-74(76)77)73(111)92-22-8-13-55(92)72(110)82-33-58(75)98)87-65(103)47(11-5-6-20-79-64(102)38-25-44-60(56(96)27-38)63(101)61-45(62(44)100)29-42(95)30-57(61)97)85-68(106)51(24-37-14-16-41(94)17-15-37)88-71(109)54(34-93)91-69(107)52(26-39-31-81-46-10-4-3-9-43(39)46)89-70(108)53(28-40-32-78-35-83-40)90-66(104)48-18-19-59(99)84-48/h3-4,9-10,14-17,25,27,29-32,35-36,47-55,81,93-97H,5-8,11-13,18-24,26,28,33-34H2,1-2H3,(H2,75,98)(H,78,83)(H,79,102)(H,82,110)(H,84,99)(H,85,106)(H,86,105)(H,87,103)(H,88,109)(H,89,108)(H,90,104)(H,91,107)(H4,76,77,80)/t47-,48+,49+,50+,51+,52+,53+,54+,55+/m1/s1. The van der Waals surface area contributed by atoms with Gasteiger partial charge in [0.1, 0.15) is 77.4 Å². The maximum Gasteiger partial charge on any atom is 0.251 e. The first kappa shape index (κ1) is 82.1. The number of aliphatic hydroxyl groups excluding tert-OH is 1. The maximum atomic E-state index is 15.2. The zero-order valence-electron chi connectivity index (χ0n) is 60.7. The lowest BCUT2D eigenvalue weighted by molar-refractivity contribution is -0.142. The summed E-state index contributed by atoms with van der Waals surface area (Å²) in [5.74, 6) is -14.9. The predicted octanol–water partition coefficient (Wildman–Crippen LogP) is -2.32. The number of aromatic hydroxyl groups is 4. The molecule has 2 saturated heterocycles.